The molecule has 3 aromatic rings. The lowest BCUT2D eigenvalue weighted by atomic mass is 10.0. The summed E-state index contributed by atoms with van der Waals surface area (Å²) in [7, 11) is 2.48. The number of hydrogen-bond acceptors (Lipinski definition) is 6. The molecule has 4 rings (SSSR count). The SMILES string of the molecule is CN(C(=O)Nc1cc(C(F)(F)F)cn(C)c1=O)[C@H]1CCN(c2cnc3[nH]ncc3n2)C[C@H]1F. The molecule has 14 heteroatoms. The fraction of sp³-hybridized carbons (Fsp3) is 0.421. The Hall–Kier alpha value is -3.71. The zero-order chi connectivity index (χ0) is 23.9. The van der Waals surface area contributed by atoms with Gasteiger partial charge < -0.3 is 19.7 Å². The highest BCUT2D eigenvalue weighted by Crippen LogP contribution is 2.30. The van der Waals surface area contributed by atoms with Gasteiger partial charge in [0.25, 0.3) is 5.56 Å². The number of rotatable bonds is 3. The molecule has 1 saturated heterocycles. The van der Waals surface area contributed by atoms with Crippen molar-refractivity contribution in [3.8, 4) is 0 Å². The van der Waals surface area contributed by atoms with E-state index in [-0.39, 0.29) is 13.0 Å². The fourth-order valence-corrected chi connectivity index (χ4v) is 3.72. The number of carbonyl (C=O) groups excluding carboxylic acids is 1. The van der Waals surface area contributed by atoms with Crippen LogP contribution in [0.1, 0.15) is 12.0 Å². The molecule has 0 aromatic carbocycles. The van der Waals surface area contributed by atoms with Crippen LogP contribution < -0.4 is 15.8 Å². The van der Waals surface area contributed by atoms with Crippen LogP contribution in [-0.4, -0.2) is 68.0 Å². The van der Waals surface area contributed by atoms with Gasteiger partial charge in [-0.3, -0.25) is 9.89 Å². The van der Waals surface area contributed by atoms with Crippen LogP contribution in [-0.2, 0) is 13.2 Å². The van der Waals surface area contributed by atoms with Gasteiger partial charge in [-0.15, -0.1) is 0 Å². The number of fused-ring (bicyclic) bond motifs is 1. The number of piperidine rings is 1. The van der Waals surface area contributed by atoms with E-state index in [9.17, 15) is 22.8 Å². The van der Waals surface area contributed by atoms with Crippen molar-refractivity contribution in [1.29, 1.82) is 0 Å². The molecule has 2 atom stereocenters. The van der Waals surface area contributed by atoms with Crippen molar-refractivity contribution in [3.05, 3.63) is 40.6 Å². The van der Waals surface area contributed by atoms with Crippen LogP contribution in [0.3, 0.4) is 0 Å². The van der Waals surface area contributed by atoms with Gasteiger partial charge in [0.2, 0.25) is 0 Å². The van der Waals surface area contributed by atoms with Crippen LogP contribution in [0.25, 0.3) is 11.2 Å². The first kappa shape index (κ1) is 22.5. The number of urea groups is 1. The predicted octanol–water partition coefficient (Wildman–Crippen LogP) is 2.15. The molecule has 3 aromatic heterocycles. The lowest BCUT2D eigenvalue weighted by Crippen LogP contribution is -2.54. The van der Waals surface area contributed by atoms with Gasteiger partial charge in [-0.1, -0.05) is 0 Å². The molecule has 0 bridgehead atoms. The highest BCUT2D eigenvalue weighted by molar-refractivity contribution is 5.89. The second-order valence-corrected chi connectivity index (χ2v) is 7.75. The smallest absolute Gasteiger partial charge is 0.352 e. The third-order valence-electron chi connectivity index (χ3n) is 5.55. The van der Waals surface area contributed by atoms with Gasteiger partial charge in [0.15, 0.2) is 5.65 Å². The van der Waals surface area contributed by atoms with E-state index in [2.05, 4.69) is 25.5 Å². The summed E-state index contributed by atoms with van der Waals surface area (Å²) < 4.78 is 54.9. The molecule has 0 unspecified atom stereocenters. The zero-order valence-corrected chi connectivity index (χ0v) is 17.6. The maximum Gasteiger partial charge on any atom is 0.417 e. The Bertz CT molecular complexity index is 1240. The Morgan fingerprint density at radius 3 is 2.79 bits per heavy atom. The summed E-state index contributed by atoms with van der Waals surface area (Å²) in [4.78, 5) is 36.1. The molecule has 0 spiro atoms. The number of halogens is 4. The highest BCUT2D eigenvalue weighted by atomic mass is 19.4. The molecule has 1 aliphatic rings. The van der Waals surface area contributed by atoms with Crippen molar-refractivity contribution in [2.45, 2.75) is 24.8 Å². The number of aromatic nitrogens is 5. The molecule has 33 heavy (non-hydrogen) atoms. The maximum absolute atomic E-state index is 15.0. The molecule has 2 amide bonds. The maximum atomic E-state index is 15.0. The summed E-state index contributed by atoms with van der Waals surface area (Å²) in [6.07, 6.45) is -2.30. The highest BCUT2D eigenvalue weighted by Gasteiger charge is 2.36. The molecular formula is C19H20F4N8O2. The summed E-state index contributed by atoms with van der Waals surface area (Å²) in [5.74, 6) is 0.463. The fourth-order valence-electron chi connectivity index (χ4n) is 3.72. The second-order valence-electron chi connectivity index (χ2n) is 7.75. The average Bonchev–Trinajstić information content (AvgIpc) is 3.23. The Labute approximate surface area is 184 Å². The number of aromatic amines is 1. The monoisotopic (exact) mass is 468 g/mol. The third-order valence-corrected chi connectivity index (χ3v) is 5.55. The topological polar surface area (TPSA) is 112 Å². The van der Waals surface area contributed by atoms with E-state index in [0.29, 0.717) is 35.8 Å². The molecule has 2 N–H and O–H groups in total. The summed E-state index contributed by atoms with van der Waals surface area (Å²) in [5, 5.41) is 8.70. The lowest BCUT2D eigenvalue weighted by Gasteiger charge is -2.39. The van der Waals surface area contributed by atoms with Gasteiger partial charge in [0.05, 0.1) is 30.5 Å². The average molecular weight is 468 g/mol. The number of H-pyrrole nitrogens is 1. The number of amides is 2. The number of nitrogens with zero attached hydrogens (tertiary/aromatic N) is 6. The molecule has 1 aliphatic heterocycles. The third kappa shape index (κ3) is 4.45. The van der Waals surface area contributed by atoms with E-state index < -0.39 is 41.2 Å². The normalized spacial score (nSPS) is 19.0. The summed E-state index contributed by atoms with van der Waals surface area (Å²) in [6, 6.07) is -1.16. The molecule has 10 nitrogen and oxygen atoms in total. The van der Waals surface area contributed by atoms with E-state index in [1.54, 1.807) is 4.90 Å². The van der Waals surface area contributed by atoms with Crippen molar-refractivity contribution in [2.75, 3.05) is 30.4 Å². The largest absolute Gasteiger partial charge is 0.417 e. The Balaban J connectivity index is 1.45. The number of alkyl halides is 4. The minimum Gasteiger partial charge on any atom is -0.352 e. The van der Waals surface area contributed by atoms with Gasteiger partial charge in [-0.2, -0.15) is 18.3 Å². The van der Waals surface area contributed by atoms with Crippen molar-refractivity contribution < 1.29 is 22.4 Å². The minimum atomic E-state index is -4.70. The lowest BCUT2D eigenvalue weighted by molar-refractivity contribution is -0.138. The van der Waals surface area contributed by atoms with Crippen molar-refractivity contribution >= 4 is 28.7 Å². The van der Waals surface area contributed by atoms with Gasteiger partial charge >= 0.3 is 12.2 Å². The number of hydrogen-bond donors (Lipinski definition) is 2. The summed E-state index contributed by atoms with van der Waals surface area (Å²) in [6.45, 7) is 0.303. The molecule has 0 aliphatic carbocycles. The Morgan fingerprint density at radius 1 is 1.33 bits per heavy atom. The van der Waals surface area contributed by atoms with E-state index in [1.165, 1.54) is 19.4 Å². The predicted molar refractivity (Wildman–Crippen MR) is 111 cm³/mol. The minimum absolute atomic E-state index is 0.0638. The number of carbonyl (C=O) groups is 1. The number of nitrogens with one attached hydrogen (secondary N) is 2. The van der Waals surface area contributed by atoms with Gasteiger partial charge in [0, 0.05) is 26.8 Å². The number of pyridine rings is 1. The molecule has 0 saturated carbocycles. The molecule has 1 fully saturated rings. The summed E-state index contributed by atoms with van der Waals surface area (Å²) >= 11 is 0. The first-order valence-electron chi connectivity index (χ1n) is 9.91. The van der Waals surface area contributed by atoms with Crippen molar-refractivity contribution in [1.82, 2.24) is 29.6 Å². The quantitative estimate of drug-likeness (QED) is 0.570. The van der Waals surface area contributed by atoms with Crippen molar-refractivity contribution in [3.63, 3.8) is 0 Å². The van der Waals surface area contributed by atoms with E-state index >= 15 is 4.39 Å². The van der Waals surface area contributed by atoms with E-state index in [1.807, 2.05) is 0 Å². The van der Waals surface area contributed by atoms with Crippen LogP contribution in [0.15, 0.2) is 29.5 Å². The summed E-state index contributed by atoms with van der Waals surface area (Å²) in [5.41, 5.74) is -1.41. The standard InChI is InChI=1S/C19H20F4N8O2/c1-29-8-10(19(21,22)23)5-12(17(29)32)27-18(33)30(2)14-3-4-31(9-11(14)20)15-7-24-16-13(26-15)6-25-28-16/h5-8,11,14H,3-4,9H2,1-2H3,(H,27,33)(H,24,25,28)/t11-,14+/m1/s1. The molecule has 176 valence electrons. The zero-order valence-electron chi connectivity index (χ0n) is 17.6. The van der Waals surface area contributed by atoms with Gasteiger partial charge in [-0.05, 0) is 12.5 Å². The first-order chi connectivity index (χ1) is 15.5. The molecular weight excluding hydrogens is 448 g/mol. The Morgan fingerprint density at radius 2 is 2.09 bits per heavy atom. The van der Waals surface area contributed by atoms with E-state index in [4.69, 9.17) is 0 Å². The van der Waals surface area contributed by atoms with Crippen LogP contribution >= 0.6 is 0 Å². The van der Waals surface area contributed by atoms with Crippen LogP contribution in [0, 0.1) is 0 Å². The first-order valence-corrected chi connectivity index (χ1v) is 9.91. The molecule has 4 heterocycles. The van der Waals surface area contributed by atoms with Gasteiger partial charge in [0.1, 0.15) is 23.2 Å². The number of anilines is 2. The Kier molecular flexibility index (Phi) is 5.68. The van der Waals surface area contributed by atoms with Gasteiger partial charge in [-0.25, -0.2) is 19.2 Å². The van der Waals surface area contributed by atoms with Crippen molar-refractivity contribution in [2.24, 2.45) is 7.05 Å². The van der Waals surface area contributed by atoms with Crippen LogP contribution in [0.2, 0.25) is 0 Å². The number of aryl methyl sites for hydroxylation is 1. The van der Waals surface area contributed by atoms with Crippen LogP contribution in [0.5, 0.6) is 0 Å². The second kappa shape index (κ2) is 8.33. The van der Waals surface area contributed by atoms with Crippen LogP contribution in [0.4, 0.5) is 33.9 Å². The molecule has 0 radical (unpaired) electrons. The van der Waals surface area contributed by atoms with E-state index in [0.717, 1.165) is 16.5 Å².